The molecule has 0 aromatic heterocycles. The zero-order chi connectivity index (χ0) is 19.3. The molecule has 8 heteroatoms. The van der Waals surface area contributed by atoms with Gasteiger partial charge in [0, 0.05) is 22.8 Å². The number of esters is 1. The number of halogens is 1. The van der Waals surface area contributed by atoms with Crippen LogP contribution in [0.4, 0.5) is 11.4 Å². The van der Waals surface area contributed by atoms with Gasteiger partial charge in [-0.05, 0) is 36.8 Å². The van der Waals surface area contributed by atoms with Gasteiger partial charge < -0.3 is 24.8 Å². The van der Waals surface area contributed by atoms with Crippen molar-refractivity contribution < 1.29 is 19.0 Å². The molecule has 26 heavy (non-hydrogen) atoms. The van der Waals surface area contributed by atoms with Crippen LogP contribution in [-0.2, 0) is 4.74 Å². The molecule has 2 N–H and O–H groups in total. The number of thiocarbonyl (C=S) groups is 1. The summed E-state index contributed by atoms with van der Waals surface area (Å²) >= 11 is 11.4. The van der Waals surface area contributed by atoms with Gasteiger partial charge in [0.1, 0.15) is 0 Å². The van der Waals surface area contributed by atoms with E-state index in [4.69, 9.17) is 38.0 Å². The van der Waals surface area contributed by atoms with Gasteiger partial charge in [0.15, 0.2) is 16.6 Å². The Morgan fingerprint density at radius 3 is 2.27 bits per heavy atom. The summed E-state index contributed by atoms with van der Waals surface area (Å²) in [5, 5.41) is 6.90. The minimum atomic E-state index is -0.533. The molecule has 0 heterocycles. The topological polar surface area (TPSA) is 68.8 Å². The maximum atomic E-state index is 12.1. The van der Waals surface area contributed by atoms with Crippen LogP contribution < -0.4 is 20.1 Å². The lowest BCUT2D eigenvalue weighted by molar-refractivity contribution is 0.0601. The molecular formula is C18H19ClN2O4S. The number of hydrogen-bond acceptors (Lipinski definition) is 5. The monoisotopic (exact) mass is 394 g/mol. The number of nitrogens with one attached hydrogen (secondary N) is 2. The SMILES string of the molecule is COC(=O)c1cc(OC)c(OC)cc1NC(=S)Nc1ccc(C)c(Cl)c1. The summed E-state index contributed by atoms with van der Waals surface area (Å²) in [7, 11) is 4.29. The number of carbonyl (C=O) groups is 1. The Kier molecular flexibility index (Phi) is 6.65. The predicted molar refractivity (Wildman–Crippen MR) is 107 cm³/mol. The maximum absolute atomic E-state index is 12.1. The molecular weight excluding hydrogens is 376 g/mol. The molecule has 0 aliphatic rings. The minimum Gasteiger partial charge on any atom is -0.493 e. The molecule has 0 unspecified atom stereocenters. The smallest absolute Gasteiger partial charge is 0.340 e. The van der Waals surface area contributed by atoms with Gasteiger partial charge in [0.25, 0.3) is 0 Å². The second-order valence-electron chi connectivity index (χ2n) is 5.29. The summed E-state index contributed by atoms with van der Waals surface area (Å²) in [6.45, 7) is 1.91. The van der Waals surface area contributed by atoms with Crippen LogP contribution in [0.3, 0.4) is 0 Å². The van der Waals surface area contributed by atoms with Crippen LogP contribution in [0, 0.1) is 6.92 Å². The van der Waals surface area contributed by atoms with Crippen molar-refractivity contribution in [3.05, 3.63) is 46.5 Å². The van der Waals surface area contributed by atoms with E-state index in [9.17, 15) is 4.79 Å². The van der Waals surface area contributed by atoms with Gasteiger partial charge >= 0.3 is 5.97 Å². The normalized spacial score (nSPS) is 10.0. The molecule has 0 atom stereocenters. The molecule has 0 fully saturated rings. The van der Waals surface area contributed by atoms with E-state index in [1.54, 1.807) is 12.1 Å². The lowest BCUT2D eigenvalue weighted by Crippen LogP contribution is -2.21. The van der Waals surface area contributed by atoms with E-state index in [-0.39, 0.29) is 10.7 Å². The van der Waals surface area contributed by atoms with Gasteiger partial charge in [-0.15, -0.1) is 0 Å². The molecule has 138 valence electrons. The molecule has 0 aliphatic carbocycles. The molecule has 6 nitrogen and oxygen atoms in total. The molecule has 0 saturated carbocycles. The number of methoxy groups -OCH3 is 3. The lowest BCUT2D eigenvalue weighted by atomic mass is 10.1. The number of anilines is 2. The molecule has 0 spiro atoms. The predicted octanol–water partition coefficient (Wildman–Crippen LogP) is 4.26. The Balaban J connectivity index is 2.29. The van der Waals surface area contributed by atoms with Crippen LogP contribution in [-0.4, -0.2) is 32.4 Å². The largest absolute Gasteiger partial charge is 0.493 e. The number of benzene rings is 2. The molecule has 0 amide bonds. The van der Waals surface area contributed by atoms with Crippen molar-refractivity contribution in [3.63, 3.8) is 0 Å². The highest BCUT2D eigenvalue weighted by Gasteiger charge is 2.18. The van der Waals surface area contributed by atoms with Crippen LogP contribution >= 0.6 is 23.8 Å². The van der Waals surface area contributed by atoms with E-state index in [0.717, 1.165) is 11.3 Å². The van der Waals surface area contributed by atoms with E-state index in [2.05, 4.69) is 10.6 Å². The van der Waals surface area contributed by atoms with Gasteiger partial charge in [-0.3, -0.25) is 0 Å². The molecule has 2 aromatic carbocycles. The van der Waals surface area contributed by atoms with Crippen LogP contribution in [0.5, 0.6) is 11.5 Å². The van der Waals surface area contributed by atoms with Crippen molar-refractivity contribution in [2.24, 2.45) is 0 Å². The Morgan fingerprint density at radius 2 is 1.69 bits per heavy atom. The summed E-state index contributed by atoms with van der Waals surface area (Å²) in [5.74, 6) is 0.320. The third-order valence-electron chi connectivity index (χ3n) is 3.61. The second-order valence-corrected chi connectivity index (χ2v) is 6.10. The van der Waals surface area contributed by atoms with Crippen molar-refractivity contribution in [1.82, 2.24) is 0 Å². The number of ether oxygens (including phenoxy) is 3. The lowest BCUT2D eigenvalue weighted by Gasteiger charge is -2.16. The van der Waals surface area contributed by atoms with E-state index >= 15 is 0 Å². The van der Waals surface area contributed by atoms with Gasteiger partial charge in [-0.2, -0.15) is 0 Å². The zero-order valence-electron chi connectivity index (χ0n) is 14.8. The number of rotatable bonds is 5. The third-order valence-corrected chi connectivity index (χ3v) is 4.22. The first-order valence-corrected chi connectivity index (χ1v) is 8.36. The van der Waals surface area contributed by atoms with E-state index in [0.29, 0.717) is 22.2 Å². The van der Waals surface area contributed by atoms with Crippen molar-refractivity contribution in [2.75, 3.05) is 32.0 Å². The first-order valence-electron chi connectivity index (χ1n) is 7.58. The first-order chi connectivity index (χ1) is 12.4. The highest BCUT2D eigenvalue weighted by atomic mass is 35.5. The molecule has 0 aliphatic heterocycles. The van der Waals surface area contributed by atoms with Crippen LogP contribution in [0.2, 0.25) is 5.02 Å². The zero-order valence-corrected chi connectivity index (χ0v) is 16.4. The van der Waals surface area contributed by atoms with Crippen molar-refractivity contribution in [2.45, 2.75) is 6.92 Å². The van der Waals surface area contributed by atoms with E-state index in [1.165, 1.54) is 27.4 Å². The van der Waals surface area contributed by atoms with Crippen molar-refractivity contribution >= 4 is 46.3 Å². The van der Waals surface area contributed by atoms with Gasteiger partial charge in [0.2, 0.25) is 0 Å². The Labute approximate surface area is 162 Å². The second kappa shape index (κ2) is 8.73. The molecule has 0 bridgehead atoms. The summed E-state index contributed by atoms with van der Waals surface area (Å²) < 4.78 is 15.3. The third kappa shape index (κ3) is 4.56. The van der Waals surface area contributed by atoms with Crippen molar-refractivity contribution in [3.8, 4) is 11.5 Å². The molecule has 0 saturated heterocycles. The summed E-state index contributed by atoms with van der Waals surface area (Å²) in [5.41, 5.74) is 2.36. The highest BCUT2D eigenvalue weighted by Crippen LogP contribution is 2.34. The van der Waals surface area contributed by atoms with Crippen LogP contribution in [0.1, 0.15) is 15.9 Å². The summed E-state index contributed by atoms with van der Waals surface area (Å²) in [4.78, 5) is 12.1. The van der Waals surface area contributed by atoms with Crippen LogP contribution in [0.25, 0.3) is 0 Å². The Hall–Kier alpha value is -2.51. The summed E-state index contributed by atoms with van der Waals surface area (Å²) in [6, 6.07) is 8.63. The first kappa shape index (κ1) is 19.8. The fourth-order valence-electron chi connectivity index (χ4n) is 2.22. The van der Waals surface area contributed by atoms with Crippen molar-refractivity contribution in [1.29, 1.82) is 0 Å². The minimum absolute atomic E-state index is 0.260. The average molecular weight is 395 g/mol. The standard InChI is InChI=1S/C18H19ClN2O4S/c1-10-5-6-11(7-13(10)19)20-18(26)21-14-9-16(24-3)15(23-2)8-12(14)17(22)25-4/h5-9H,1-4H3,(H2,20,21,26). The molecule has 0 radical (unpaired) electrons. The summed E-state index contributed by atoms with van der Waals surface area (Å²) in [6.07, 6.45) is 0. The Morgan fingerprint density at radius 1 is 1.04 bits per heavy atom. The van der Waals surface area contributed by atoms with Crippen LogP contribution in [0.15, 0.2) is 30.3 Å². The fraction of sp³-hybridized carbons (Fsp3) is 0.222. The number of aryl methyl sites for hydroxylation is 1. The van der Waals surface area contributed by atoms with E-state index < -0.39 is 5.97 Å². The van der Waals surface area contributed by atoms with Gasteiger partial charge in [0.05, 0.1) is 32.6 Å². The highest BCUT2D eigenvalue weighted by molar-refractivity contribution is 7.80. The van der Waals surface area contributed by atoms with Gasteiger partial charge in [-0.25, -0.2) is 4.79 Å². The average Bonchev–Trinajstić information content (AvgIpc) is 2.63. The number of carbonyl (C=O) groups excluding carboxylic acids is 1. The fourth-order valence-corrected chi connectivity index (χ4v) is 2.62. The maximum Gasteiger partial charge on any atom is 0.340 e. The van der Waals surface area contributed by atoms with Gasteiger partial charge in [-0.1, -0.05) is 17.7 Å². The van der Waals surface area contributed by atoms with E-state index in [1.807, 2.05) is 19.1 Å². The quantitative estimate of drug-likeness (QED) is 0.580. The number of hydrogen-bond donors (Lipinski definition) is 2. The molecule has 2 rings (SSSR count). The Bertz CT molecular complexity index is 842. The molecule has 2 aromatic rings.